The summed E-state index contributed by atoms with van der Waals surface area (Å²) in [7, 11) is 0. The van der Waals surface area contributed by atoms with Crippen LogP contribution in [0.4, 0.5) is 8.78 Å². The number of fused-ring (bicyclic) bond motifs is 1. The van der Waals surface area contributed by atoms with Crippen molar-refractivity contribution >= 4 is 34.5 Å². The Hall–Kier alpha value is -4.41. The Morgan fingerprint density at radius 2 is 1.63 bits per heavy atom. The molecule has 0 aliphatic carbocycles. The summed E-state index contributed by atoms with van der Waals surface area (Å²) < 4.78 is 32.7. The number of carboxylic acid groups (broad SMARTS) is 1. The van der Waals surface area contributed by atoms with Gasteiger partial charge in [-0.2, -0.15) is 0 Å². The number of carbonyl (C=O) groups is 4. The van der Waals surface area contributed by atoms with Gasteiger partial charge in [-0.15, -0.1) is 0 Å². The quantitative estimate of drug-likeness (QED) is 0.329. The summed E-state index contributed by atoms with van der Waals surface area (Å²) in [4.78, 5) is 54.2. The van der Waals surface area contributed by atoms with E-state index in [0.717, 1.165) is 23.6 Å². The van der Waals surface area contributed by atoms with E-state index < -0.39 is 72.0 Å². The molecule has 9 nitrogen and oxygen atoms in total. The van der Waals surface area contributed by atoms with Crippen LogP contribution in [0.2, 0.25) is 0 Å². The number of pyridine rings is 1. The maximum Gasteiger partial charge on any atom is 0.303 e. The summed E-state index contributed by atoms with van der Waals surface area (Å²) >= 11 is 0. The fourth-order valence-electron chi connectivity index (χ4n) is 3.65. The van der Waals surface area contributed by atoms with Gasteiger partial charge in [-0.1, -0.05) is 44.2 Å². The van der Waals surface area contributed by atoms with Crippen LogP contribution in [0.15, 0.2) is 54.6 Å². The van der Waals surface area contributed by atoms with Gasteiger partial charge in [-0.25, -0.2) is 13.8 Å². The summed E-state index contributed by atoms with van der Waals surface area (Å²) in [5.41, 5.74) is 0.678. The second kappa shape index (κ2) is 12.7. The molecule has 38 heavy (non-hydrogen) atoms. The van der Waals surface area contributed by atoms with E-state index in [0.29, 0.717) is 5.52 Å². The minimum absolute atomic E-state index is 0.0842. The Balaban J connectivity index is 1.72. The van der Waals surface area contributed by atoms with E-state index in [9.17, 15) is 28.0 Å². The maximum atomic E-state index is 13.8. The number of ether oxygens (including phenoxy) is 1. The highest BCUT2D eigenvalue weighted by Crippen LogP contribution is 2.21. The van der Waals surface area contributed by atoms with Crippen LogP contribution in [0.1, 0.15) is 37.2 Å². The molecular formula is C27H27F2N3O6. The minimum Gasteiger partial charge on any atom is -0.481 e. The molecule has 11 heteroatoms. The first-order valence-electron chi connectivity index (χ1n) is 11.8. The average molecular weight is 528 g/mol. The molecule has 200 valence electrons. The van der Waals surface area contributed by atoms with Crippen LogP contribution in [-0.2, 0) is 14.4 Å². The van der Waals surface area contributed by atoms with E-state index in [1.807, 2.05) is 12.1 Å². The van der Waals surface area contributed by atoms with Crippen LogP contribution < -0.4 is 15.4 Å². The molecule has 3 aromatic rings. The number of nitrogens with one attached hydrogen (secondary N) is 2. The molecule has 3 N–H and O–H groups in total. The summed E-state index contributed by atoms with van der Waals surface area (Å²) in [6.07, 6.45) is -0.765. The van der Waals surface area contributed by atoms with Gasteiger partial charge in [-0.3, -0.25) is 19.2 Å². The number of nitrogens with zero attached hydrogens (tertiary/aromatic N) is 1. The standard InChI is InChI=1S/C27H27F2N3O6/c1-15(2)24(32-26(36)21-11-10-16-6-3-4-9-19(16)30-21)27(37)31-20(12-13-23(34)35)22(33)14-38-25-17(28)7-5-8-18(25)29/h3-11,15,20,24H,12-14H2,1-2H3,(H,31,37)(H,32,36)(H,34,35). The van der Waals surface area contributed by atoms with Crippen molar-refractivity contribution in [2.45, 2.75) is 38.8 Å². The number of aromatic nitrogens is 1. The van der Waals surface area contributed by atoms with Crippen LogP contribution in [0, 0.1) is 17.6 Å². The highest BCUT2D eigenvalue weighted by Gasteiger charge is 2.30. The molecule has 2 unspecified atom stereocenters. The molecule has 0 spiro atoms. The van der Waals surface area contributed by atoms with Gasteiger partial charge in [0.15, 0.2) is 23.2 Å². The lowest BCUT2D eigenvalue weighted by Gasteiger charge is -2.25. The Morgan fingerprint density at radius 1 is 0.947 bits per heavy atom. The second-order valence-corrected chi connectivity index (χ2v) is 8.88. The third-order valence-electron chi connectivity index (χ3n) is 5.70. The predicted octanol–water partition coefficient (Wildman–Crippen LogP) is 3.27. The van der Waals surface area contributed by atoms with E-state index in [2.05, 4.69) is 15.6 Å². The third kappa shape index (κ3) is 7.31. The number of rotatable bonds is 12. The van der Waals surface area contributed by atoms with Crippen LogP contribution in [-0.4, -0.2) is 52.3 Å². The maximum absolute atomic E-state index is 13.8. The predicted molar refractivity (Wildman–Crippen MR) is 133 cm³/mol. The molecule has 0 saturated heterocycles. The minimum atomic E-state index is -1.34. The van der Waals surface area contributed by atoms with E-state index in [-0.39, 0.29) is 12.1 Å². The fraction of sp³-hybridized carbons (Fsp3) is 0.296. The van der Waals surface area contributed by atoms with Crippen molar-refractivity contribution < 1.29 is 37.8 Å². The van der Waals surface area contributed by atoms with Crippen molar-refractivity contribution in [1.82, 2.24) is 15.6 Å². The topological polar surface area (TPSA) is 135 Å². The first-order valence-corrected chi connectivity index (χ1v) is 11.8. The van der Waals surface area contributed by atoms with Crippen molar-refractivity contribution in [3.8, 4) is 5.75 Å². The Morgan fingerprint density at radius 3 is 2.29 bits per heavy atom. The zero-order chi connectivity index (χ0) is 27.8. The second-order valence-electron chi connectivity index (χ2n) is 8.88. The molecule has 3 rings (SSSR count). The molecule has 0 aliphatic rings. The lowest BCUT2D eigenvalue weighted by Crippen LogP contribution is -2.54. The highest BCUT2D eigenvalue weighted by molar-refractivity contribution is 5.99. The number of hydrogen-bond donors (Lipinski definition) is 3. The first-order chi connectivity index (χ1) is 18.1. The summed E-state index contributed by atoms with van der Waals surface area (Å²) in [5.74, 6) is -6.59. The van der Waals surface area contributed by atoms with Gasteiger partial charge >= 0.3 is 5.97 Å². The van der Waals surface area contributed by atoms with Crippen molar-refractivity contribution in [2.24, 2.45) is 5.92 Å². The van der Waals surface area contributed by atoms with E-state index in [1.54, 1.807) is 32.0 Å². The number of aliphatic carboxylic acids is 1. The summed E-state index contributed by atoms with van der Waals surface area (Å²) in [6.45, 7) is 2.54. The lowest BCUT2D eigenvalue weighted by atomic mass is 10.0. The SMILES string of the molecule is CC(C)C(NC(=O)c1ccc2ccccc2n1)C(=O)NC(CCC(=O)O)C(=O)COc1c(F)cccc1F. The monoisotopic (exact) mass is 527 g/mol. The van der Waals surface area contributed by atoms with Gasteiger partial charge in [0.1, 0.15) is 18.3 Å². The summed E-state index contributed by atoms with van der Waals surface area (Å²) in [6, 6.07) is 11.0. The first kappa shape index (κ1) is 28.2. The largest absolute Gasteiger partial charge is 0.481 e. The Kier molecular flexibility index (Phi) is 9.42. The zero-order valence-corrected chi connectivity index (χ0v) is 20.7. The van der Waals surface area contributed by atoms with Crippen LogP contribution in [0.5, 0.6) is 5.75 Å². The van der Waals surface area contributed by atoms with Crippen molar-refractivity contribution in [1.29, 1.82) is 0 Å². The molecule has 0 saturated carbocycles. The molecule has 0 radical (unpaired) electrons. The molecule has 1 heterocycles. The van der Waals surface area contributed by atoms with Crippen molar-refractivity contribution in [3.63, 3.8) is 0 Å². The fourth-order valence-corrected chi connectivity index (χ4v) is 3.65. The number of ketones is 1. The van der Waals surface area contributed by atoms with Crippen LogP contribution >= 0.6 is 0 Å². The van der Waals surface area contributed by atoms with Gasteiger partial charge in [0, 0.05) is 11.8 Å². The average Bonchev–Trinajstić information content (AvgIpc) is 2.88. The van der Waals surface area contributed by atoms with Gasteiger partial charge < -0.3 is 20.5 Å². The van der Waals surface area contributed by atoms with E-state index in [1.165, 1.54) is 6.07 Å². The molecule has 0 aliphatic heterocycles. The molecule has 0 fully saturated rings. The summed E-state index contributed by atoms with van der Waals surface area (Å²) in [5, 5.41) is 14.9. The number of Topliss-reactive ketones (excluding diaryl/α,β-unsaturated/α-hetero) is 1. The number of carboxylic acids is 1. The molecule has 2 atom stereocenters. The molecule has 1 aromatic heterocycles. The van der Waals surface area contributed by atoms with Gasteiger partial charge in [0.2, 0.25) is 5.91 Å². The molecule has 0 bridgehead atoms. The molecular weight excluding hydrogens is 500 g/mol. The van der Waals surface area contributed by atoms with Crippen LogP contribution in [0.3, 0.4) is 0 Å². The number of benzene rings is 2. The van der Waals surface area contributed by atoms with Crippen molar-refractivity contribution in [3.05, 3.63) is 71.9 Å². The smallest absolute Gasteiger partial charge is 0.303 e. The normalized spacial score (nSPS) is 12.6. The van der Waals surface area contributed by atoms with Gasteiger partial charge in [0.25, 0.3) is 5.91 Å². The number of amides is 2. The molecule has 2 aromatic carbocycles. The Labute approximate surface area is 217 Å². The van der Waals surface area contributed by atoms with Crippen LogP contribution in [0.25, 0.3) is 10.9 Å². The number of halogens is 2. The van der Waals surface area contributed by atoms with E-state index >= 15 is 0 Å². The Bertz CT molecular complexity index is 1330. The number of carbonyl (C=O) groups excluding carboxylic acids is 3. The number of para-hydroxylation sites is 2. The highest BCUT2D eigenvalue weighted by atomic mass is 19.1. The third-order valence-corrected chi connectivity index (χ3v) is 5.70. The lowest BCUT2D eigenvalue weighted by molar-refractivity contribution is -0.138. The molecule has 2 amide bonds. The van der Waals surface area contributed by atoms with Gasteiger partial charge in [-0.05, 0) is 36.6 Å². The number of hydrogen-bond acceptors (Lipinski definition) is 6. The van der Waals surface area contributed by atoms with E-state index in [4.69, 9.17) is 9.84 Å². The van der Waals surface area contributed by atoms with Crippen molar-refractivity contribution in [2.75, 3.05) is 6.61 Å². The van der Waals surface area contributed by atoms with Gasteiger partial charge in [0.05, 0.1) is 11.6 Å². The zero-order valence-electron chi connectivity index (χ0n) is 20.7.